The van der Waals surface area contributed by atoms with E-state index in [0.717, 1.165) is 19.4 Å². The van der Waals surface area contributed by atoms with E-state index in [2.05, 4.69) is 4.90 Å². The second-order valence-electron chi connectivity index (χ2n) is 5.70. The van der Waals surface area contributed by atoms with Gasteiger partial charge in [-0.2, -0.15) is 0 Å². The molecule has 106 valence electrons. The predicted octanol–water partition coefficient (Wildman–Crippen LogP) is 2.10. The van der Waals surface area contributed by atoms with Gasteiger partial charge in [0.25, 0.3) is 0 Å². The molecule has 2 atom stereocenters. The van der Waals surface area contributed by atoms with Gasteiger partial charge in [0.2, 0.25) is 0 Å². The number of aliphatic hydroxyl groups is 2. The number of β-amino-alcohol motifs (C(OH)–C–C–N with tert-alkyl or cyclic N) is 1. The smallest absolute Gasteiger partial charge is 0.128 e. The fourth-order valence-electron chi connectivity index (χ4n) is 2.72. The molecule has 0 spiro atoms. The van der Waals surface area contributed by atoms with Crippen LogP contribution < -0.4 is 0 Å². The molecule has 1 aromatic carbocycles. The first kappa shape index (κ1) is 14.4. The van der Waals surface area contributed by atoms with Crippen molar-refractivity contribution in [1.29, 1.82) is 0 Å². The summed E-state index contributed by atoms with van der Waals surface area (Å²) in [7, 11) is 0. The summed E-state index contributed by atoms with van der Waals surface area (Å²) < 4.78 is 13.5. The first-order chi connectivity index (χ1) is 8.98. The fraction of sp³-hybridized carbons (Fsp3) is 0.600. The third-order valence-electron chi connectivity index (χ3n) is 3.74. The largest absolute Gasteiger partial charge is 0.389 e. The molecule has 1 aliphatic heterocycles. The number of nitrogens with zero attached hydrogens (tertiary/aromatic N) is 1. The van der Waals surface area contributed by atoms with Crippen molar-refractivity contribution in [2.45, 2.75) is 37.9 Å². The molecule has 3 nitrogen and oxygen atoms in total. The third-order valence-corrected chi connectivity index (χ3v) is 3.74. The van der Waals surface area contributed by atoms with Gasteiger partial charge < -0.3 is 15.1 Å². The van der Waals surface area contributed by atoms with Gasteiger partial charge in [0.05, 0.1) is 11.7 Å². The minimum atomic E-state index is -0.784. The van der Waals surface area contributed by atoms with Gasteiger partial charge in [0.1, 0.15) is 5.82 Å². The average Bonchev–Trinajstić information content (AvgIpc) is 2.35. The zero-order chi connectivity index (χ0) is 13.9. The summed E-state index contributed by atoms with van der Waals surface area (Å²) in [6.07, 6.45) is 1.48. The van der Waals surface area contributed by atoms with Crippen molar-refractivity contribution in [2.24, 2.45) is 0 Å². The van der Waals surface area contributed by atoms with Crippen LogP contribution in [0.5, 0.6) is 0 Å². The van der Waals surface area contributed by atoms with E-state index in [1.807, 2.05) is 6.92 Å². The average molecular weight is 267 g/mol. The van der Waals surface area contributed by atoms with E-state index in [0.29, 0.717) is 25.1 Å². The molecule has 0 saturated carbocycles. The summed E-state index contributed by atoms with van der Waals surface area (Å²) in [6.45, 7) is 4.06. The number of aliphatic hydroxyl groups excluding tert-OH is 1. The Morgan fingerprint density at radius 1 is 1.42 bits per heavy atom. The standard InChI is InChI=1S/C15H22FNO2/c1-15(19)8-4-9-17(11-15)10-7-14(18)12-5-2-3-6-13(12)16/h2-3,5-6,14,18-19H,4,7-11H2,1H3. The Labute approximate surface area is 113 Å². The number of likely N-dealkylation sites (tertiary alicyclic amines) is 1. The topological polar surface area (TPSA) is 43.7 Å². The minimum absolute atomic E-state index is 0.353. The van der Waals surface area contributed by atoms with Gasteiger partial charge in [-0.1, -0.05) is 18.2 Å². The maximum Gasteiger partial charge on any atom is 0.128 e. The Balaban J connectivity index is 1.87. The number of benzene rings is 1. The molecule has 0 amide bonds. The molecule has 19 heavy (non-hydrogen) atoms. The molecule has 1 heterocycles. The number of rotatable bonds is 4. The van der Waals surface area contributed by atoms with Crippen LogP contribution in [-0.4, -0.2) is 40.3 Å². The highest BCUT2D eigenvalue weighted by molar-refractivity contribution is 5.19. The molecular formula is C15H22FNO2. The monoisotopic (exact) mass is 267 g/mol. The molecule has 0 aliphatic carbocycles. The van der Waals surface area contributed by atoms with Crippen molar-refractivity contribution in [3.05, 3.63) is 35.6 Å². The number of hydrogen-bond donors (Lipinski definition) is 2. The van der Waals surface area contributed by atoms with Crippen LogP contribution in [0.3, 0.4) is 0 Å². The molecule has 0 aromatic heterocycles. The minimum Gasteiger partial charge on any atom is -0.389 e. The molecule has 2 unspecified atom stereocenters. The molecule has 2 N–H and O–H groups in total. The van der Waals surface area contributed by atoms with E-state index in [1.165, 1.54) is 6.07 Å². The lowest BCUT2D eigenvalue weighted by molar-refractivity contribution is -0.0192. The number of hydrogen-bond acceptors (Lipinski definition) is 3. The molecule has 1 aromatic rings. The second-order valence-corrected chi connectivity index (χ2v) is 5.70. The first-order valence-electron chi connectivity index (χ1n) is 6.85. The van der Waals surface area contributed by atoms with Crippen LogP contribution in [0, 0.1) is 5.82 Å². The van der Waals surface area contributed by atoms with E-state index < -0.39 is 11.7 Å². The fourth-order valence-corrected chi connectivity index (χ4v) is 2.72. The van der Waals surface area contributed by atoms with Gasteiger partial charge in [-0.25, -0.2) is 4.39 Å². The molecule has 2 rings (SSSR count). The second kappa shape index (κ2) is 5.99. The first-order valence-corrected chi connectivity index (χ1v) is 6.85. The van der Waals surface area contributed by atoms with Crippen LogP contribution in [0.15, 0.2) is 24.3 Å². The Morgan fingerprint density at radius 2 is 2.16 bits per heavy atom. The lowest BCUT2D eigenvalue weighted by atomic mass is 9.95. The van der Waals surface area contributed by atoms with Crippen LogP contribution in [0.2, 0.25) is 0 Å². The number of halogens is 1. The van der Waals surface area contributed by atoms with Crippen LogP contribution in [0.25, 0.3) is 0 Å². The van der Waals surface area contributed by atoms with Crippen LogP contribution in [-0.2, 0) is 0 Å². The van der Waals surface area contributed by atoms with E-state index in [1.54, 1.807) is 18.2 Å². The SMILES string of the molecule is CC1(O)CCCN(CCC(O)c2ccccc2F)C1. The Bertz CT molecular complexity index is 422. The summed E-state index contributed by atoms with van der Waals surface area (Å²) in [5.41, 5.74) is -0.285. The Morgan fingerprint density at radius 3 is 2.84 bits per heavy atom. The highest BCUT2D eigenvalue weighted by Gasteiger charge is 2.28. The third kappa shape index (κ3) is 4.00. The molecule has 1 saturated heterocycles. The molecular weight excluding hydrogens is 245 g/mol. The highest BCUT2D eigenvalue weighted by atomic mass is 19.1. The van der Waals surface area contributed by atoms with E-state index in [-0.39, 0.29) is 5.82 Å². The number of piperidine rings is 1. The molecule has 4 heteroatoms. The zero-order valence-electron chi connectivity index (χ0n) is 11.3. The highest BCUT2D eigenvalue weighted by Crippen LogP contribution is 2.23. The summed E-state index contributed by atoms with van der Waals surface area (Å²) >= 11 is 0. The van der Waals surface area contributed by atoms with Crippen LogP contribution in [0.1, 0.15) is 37.9 Å². The molecule has 1 fully saturated rings. The summed E-state index contributed by atoms with van der Waals surface area (Å²) in [4.78, 5) is 2.13. The normalized spacial score (nSPS) is 26.3. The van der Waals surface area contributed by atoms with Gasteiger partial charge in [0, 0.05) is 18.7 Å². The summed E-state index contributed by atoms with van der Waals surface area (Å²) in [6, 6.07) is 6.33. The van der Waals surface area contributed by atoms with Crippen molar-refractivity contribution in [1.82, 2.24) is 4.90 Å². The van der Waals surface area contributed by atoms with E-state index in [9.17, 15) is 14.6 Å². The lowest BCUT2D eigenvalue weighted by Gasteiger charge is -2.37. The maximum atomic E-state index is 13.5. The van der Waals surface area contributed by atoms with Gasteiger partial charge in [-0.05, 0) is 38.8 Å². The van der Waals surface area contributed by atoms with Crippen molar-refractivity contribution >= 4 is 0 Å². The zero-order valence-corrected chi connectivity index (χ0v) is 11.3. The van der Waals surface area contributed by atoms with Gasteiger partial charge in [0.15, 0.2) is 0 Å². The predicted molar refractivity (Wildman–Crippen MR) is 72.3 cm³/mol. The van der Waals surface area contributed by atoms with E-state index in [4.69, 9.17) is 0 Å². The van der Waals surface area contributed by atoms with Gasteiger partial charge >= 0.3 is 0 Å². The Hall–Kier alpha value is -0.970. The molecule has 0 bridgehead atoms. The maximum absolute atomic E-state index is 13.5. The summed E-state index contributed by atoms with van der Waals surface area (Å²) in [5.74, 6) is -0.361. The molecule has 0 radical (unpaired) electrons. The molecule has 1 aliphatic rings. The van der Waals surface area contributed by atoms with Crippen LogP contribution >= 0.6 is 0 Å². The van der Waals surface area contributed by atoms with Crippen molar-refractivity contribution < 1.29 is 14.6 Å². The van der Waals surface area contributed by atoms with Crippen LogP contribution in [0.4, 0.5) is 4.39 Å². The van der Waals surface area contributed by atoms with Crippen molar-refractivity contribution in [3.63, 3.8) is 0 Å². The summed E-state index contributed by atoms with van der Waals surface area (Å²) in [5, 5.41) is 20.0. The lowest BCUT2D eigenvalue weighted by Crippen LogP contribution is -2.46. The Kier molecular flexibility index (Phi) is 4.55. The quantitative estimate of drug-likeness (QED) is 0.878. The van der Waals surface area contributed by atoms with Crippen molar-refractivity contribution in [2.75, 3.05) is 19.6 Å². The van der Waals surface area contributed by atoms with Crippen molar-refractivity contribution in [3.8, 4) is 0 Å². The van der Waals surface area contributed by atoms with Gasteiger partial charge in [-0.15, -0.1) is 0 Å². The van der Waals surface area contributed by atoms with Gasteiger partial charge in [-0.3, -0.25) is 0 Å². The van der Waals surface area contributed by atoms with E-state index >= 15 is 0 Å².